The van der Waals surface area contributed by atoms with E-state index in [9.17, 15) is 4.79 Å². The number of nitrogens with zero attached hydrogens (tertiary/aromatic N) is 1. The molecule has 1 amide bonds. The Labute approximate surface area is 151 Å². The van der Waals surface area contributed by atoms with Crippen LogP contribution < -0.4 is 10.1 Å². The average molecular weight is 352 g/mol. The van der Waals surface area contributed by atoms with Crippen molar-refractivity contribution in [2.24, 2.45) is 0 Å². The molecule has 0 fully saturated rings. The van der Waals surface area contributed by atoms with Gasteiger partial charge in [0.1, 0.15) is 10.8 Å². The van der Waals surface area contributed by atoms with Gasteiger partial charge in [-0.1, -0.05) is 18.2 Å². The monoisotopic (exact) mass is 352 g/mol. The lowest BCUT2D eigenvalue weighted by atomic mass is 10.2. The van der Waals surface area contributed by atoms with E-state index in [1.165, 1.54) is 4.88 Å². The number of carbonyl (C=O) groups excluding carboxylic acids is 1. The molecule has 4 nitrogen and oxygen atoms in total. The van der Waals surface area contributed by atoms with E-state index < -0.39 is 0 Å². The predicted molar refractivity (Wildman–Crippen MR) is 101 cm³/mol. The van der Waals surface area contributed by atoms with Crippen LogP contribution in [-0.2, 0) is 6.42 Å². The number of rotatable bonds is 6. The van der Waals surface area contributed by atoms with E-state index in [4.69, 9.17) is 4.74 Å². The summed E-state index contributed by atoms with van der Waals surface area (Å²) < 4.78 is 5.19. The number of nitrogens with one attached hydrogen (secondary N) is 1. The average Bonchev–Trinajstić information content (AvgIpc) is 3.03. The van der Waals surface area contributed by atoms with E-state index >= 15 is 0 Å². The molecule has 3 aromatic rings. The highest BCUT2D eigenvalue weighted by atomic mass is 32.1. The van der Waals surface area contributed by atoms with Crippen LogP contribution in [0.3, 0.4) is 0 Å². The number of methoxy groups -OCH3 is 1. The molecule has 1 heterocycles. The van der Waals surface area contributed by atoms with Gasteiger partial charge in [0.15, 0.2) is 0 Å². The first-order valence-electron chi connectivity index (χ1n) is 8.11. The molecule has 5 heteroatoms. The lowest BCUT2D eigenvalue weighted by molar-refractivity contribution is 0.0954. The molecule has 0 aliphatic carbocycles. The molecule has 2 aromatic carbocycles. The van der Waals surface area contributed by atoms with Crippen molar-refractivity contribution in [3.05, 3.63) is 70.7 Å². The first kappa shape index (κ1) is 17.2. The van der Waals surface area contributed by atoms with Gasteiger partial charge in [0.05, 0.1) is 12.8 Å². The molecular formula is C20H20N2O2S. The van der Waals surface area contributed by atoms with Gasteiger partial charge >= 0.3 is 0 Å². The van der Waals surface area contributed by atoms with Crippen molar-refractivity contribution in [3.8, 4) is 16.3 Å². The fourth-order valence-corrected chi connectivity index (χ4v) is 3.57. The molecule has 0 saturated heterocycles. The quantitative estimate of drug-likeness (QED) is 0.727. The number of hydrogen-bond acceptors (Lipinski definition) is 4. The van der Waals surface area contributed by atoms with E-state index in [2.05, 4.69) is 10.3 Å². The van der Waals surface area contributed by atoms with Gasteiger partial charge in [0.25, 0.3) is 5.91 Å². The minimum absolute atomic E-state index is 0.0434. The third kappa shape index (κ3) is 4.25. The summed E-state index contributed by atoms with van der Waals surface area (Å²) in [7, 11) is 1.66. The Kier molecular flexibility index (Phi) is 5.46. The van der Waals surface area contributed by atoms with Crippen molar-refractivity contribution in [1.82, 2.24) is 10.3 Å². The summed E-state index contributed by atoms with van der Waals surface area (Å²) in [5.41, 5.74) is 2.78. The second-order valence-corrected chi connectivity index (χ2v) is 6.71. The Hall–Kier alpha value is -2.66. The Morgan fingerprint density at radius 1 is 1.12 bits per heavy atom. The highest BCUT2D eigenvalue weighted by Crippen LogP contribution is 2.29. The van der Waals surface area contributed by atoms with E-state index in [0.29, 0.717) is 12.1 Å². The second kappa shape index (κ2) is 7.94. The summed E-state index contributed by atoms with van der Waals surface area (Å²) in [6.45, 7) is 2.61. The second-order valence-electron chi connectivity index (χ2n) is 5.63. The van der Waals surface area contributed by atoms with Crippen LogP contribution >= 0.6 is 11.3 Å². The summed E-state index contributed by atoms with van der Waals surface area (Å²) in [5, 5.41) is 3.95. The van der Waals surface area contributed by atoms with Crippen molar-refractivity contribution in [2.45, 2.75) is 13.3 Å². The zero-order valence-electron chi connectivity index (χ0n) is 14.3. The van der Waals surface area contributed by atoms with Crippen LogP contribution in [-0.4, -0.2) is 24.5 Å². The third-order valence-electron chi connectivity index (χ3n) is 3.90. The molecule has 25 heavy (non-hydrogen) atoms. The van der Waals surface area contributed by atoms with Gasteiger partial charge in [-0.05, 0) is 43.3 Å². The van der Waals surface area contributed by atoms with Crippen molar-refractivity contribution in [3.63, 3.8) is 0 Å². The molecule has 3 rings (SSSR count). The number of carbonyl (C=O) groups is 1. The maximum absolute atomic E-state index is 12.1. The number of ether oxygens (including phenoxy) is 1. The van der Waals surface area contributed by atoms with E-state index in [0.717, 1.165) is 28.4 Å². The maximum atomic E-state index is 12.1. The summed E-state index contributed by atoms with van der Waals surface area (Å²) in [5.74, 6) is 0.791. The molecule has 0 spiro atoms. The first-order chi connectivity index (χ1) is 12.2. The molecule has 1 N–H and O–H groups in total. The number of amides is 1. The van der Waals surface area contributed by atoms with Gasteiger partial charge in [0.2, 0.25) is 0 Å². The Morgan fingerprint density at radius 3 is 2.52 bits per heavy atom. The van der Waals surface area contributed by atoms with Crippen molar-refractivity contribution in [2.75, 3.05) is 13.7 Å². The van der Waals surface area contributed by atoms with E-state index in [-0.39, 0.29) is 5.91 Å². The minimum Gasteiger partial charge on any atom is -0.497 e. The van der Waals surface area contributed by atoms with Crippen LogP contribution in [0.4, 0.5) is 0 Å². The normalized spacial score (nSPS) is 10.5. The zero-order valence-corrected chi connectivity index (χ0v) is 15.1. The van der Waals surface area contributed by atoms with Crippen molar-refractivity contribution >= 4 is 17.2 Å². The number of aromatic nitrogens is 1. The molecule has 0 unspecified atom stereocenters. The molecule has 0 saturated carbocycles. The highest BCUT2D eigenvalue weighted by Gasteiger charge is 2.10. The fourth-order valence-electron chi connectivity index (χ4n) is 2.50. The molecule has 0 aliphatic heterocycles. The topological polar surface area (TPSA) is 51.2 Å². The van der Waals surface area contributed by atoms with Crippen LogP contribution in [0, 0.1) is 6.92 Å². The predicted octanol–water partition coefficient (Wildman–Crippen LogP) is 4.10. The number of aryl methyl sites for hydroxylation is 1. The van der Waals surface area contributed by atoms with Crippen LogP contribution in [0.1, 0.15) is 20.9 Å². The lowest BCUT2D eigenvalue weighted by Gasteiger charge is -2.04. The van der Waals surface area contributed by atoms with Crippen LogP contribution in [0.25, 0.3) is 10.6 Å². The number of benzene rings is 2. The third-order valence-corrected chi connectivity index (χ3v) is 5.17. The first-order valence-corrected chi connectivity index (χ1v) is 8.93. The molecular weight excluding hydrogens is 332 g/mol. The van der Waals surface area contributed by atoms with Gasteiger partial charge in [-0.15, -0.1) is 11.3 Å². The van der Waals surface area contributed by atoms with Gasteiger partial charge in [-0.2, -0.15) is 0 Å². The molecule has 0 radical (unpaired) electrons. The number of thiazole rings is 1. The Balaban J connectivity index is 1.61. The number of hydrogen-bond donors (Lipinski definition) is 1. The zero-order chi connectivity index (χ0) is 17.6. The maximum Gasteiger partial charge on any atom is 0.251 e. The molecule has 128 valence electrons. The van der Waals surface area contributed by atoms with E-state index in [1.54, 1.807) is 18.4 Å². The minimum atomic E-state index is -0.0434. The van der Waals surface area contributed by atoms with E-state index in [1.807, 2.05) is 61.5 Å². The molecule has 0 aliphatic rings. The van der Waals surface area contributed by atoms with Gasteiger partial charge in [-0.25, -0.2) is 4.98 Å². The summed E-state index contributed by atoms with van der Waals surface area (Å²) in [4.78, 5) is 17.9. The van der Waals surface area contributed by atoms with Crippen LogP contribution in [0.15, 0.2) is 54.6 Å². The molecule has 0 atom stereocenters. The highest BCUT2D eigenvalue weighted by molar-refractivity contribution is 7.15. The standard InChI is InChI=1S/C20H20N2O2S/c1-14-18(12-13-21-19(23)15-6-4-3-5-7-15)25-20(22-14)16-8-10-17(24-2)11-9-16/h3-11H,12-13H2,1-2H3,(H,21,23). The van der Waals surface area contributed by atoms with Gasteiger partial charge < -0.3 is 10.1 Å². The molecule has 1 aromatic heterocycles. The van der Waals surface area contributed by atoms with Gasteiger partial charge in [-0.3, -0.25) is 4.79 Å². The smallest absolute Gasteiger partial charge is 0.251 e. The lowest BCUT2D eigenvalue weighted by Crippen LogP contribution is -2.25. The van der Waals surface area contributed by atoms with Crippen molar-refractivity contribution in [1.29, 1.82) is 0 Å². The van der Waals surface area contributed by atoms with Crippen molar-refractivity contribution < 1.29 is 9.53 Å². The molecule has 0 bridgehead atoms. The Bertz CT molecular complexity index is 842. The summed E-state index contributed by atoms with van der Waals surface area (Å²) in [6.07, 6.45) is 0.776. The SMILES string of the molecule is COc1ccc(-c2nc(C)c(CCNC(=O)c3ccccc3)s2)cc1. The van der Waals surface area contributed by atoms with Crippen LogP contribution in [0.2, 0.25) is 0 Å². The summed E-state index contributed by atoms with van der Waals surface area (Å²) in [6, 6.07) is 17.2. The summed E-state index contributed by atoms with van der Waals surface area (Å²) >= 11 is 1.67. The fraction of sp³-hybridized carbons (Fsp3) is 0.200. The Morgan fingerprint density at radius 2 is 1.84 bits per heavy atom. The largest absolute Gasteiger partial charge is 0.497 e. The van der Waals surface area contributed by atoms with Crippen LogP contribution in [0.5, 0.6) is 5.75 Å². The van der Waals surface area contributed by atoms with Gasteiger partial charge in [0, 0.05) is 29.0 Å².